The molecule has 0 radical (unpaired) electrons. The lowest BCUT2D eigenvalue weighted by Gasteiger charge is -2.06. The van der Waals surface area contributed by atoms with Gasteiger partial charge in [0.1, 0.15) is 0 Å². The van der Waals surface area contributed by atoms with E-state index in [1.165, 1.54) is 5.56 Å². The maximum absolute atomic E-state index is 5.97. The minimum absolute atomic E-state index is 0.566. The Morgan fingerprint density at radius 2 is 1.68 bits per heavy atom. The molecule has 0 saturated heterocycles. The van der Waals surface area contributed by atoms with Crippen molar-refractivity contribution in [1.29, 1.82) is 0 Å². The fraction of sp³-hybridized carbons (Fsp3) is 0.133. The van der Waals surface area contributed by atoms with Crippen molar-refractivity contribution >= 4 is 22.7 Å². The summed E-state index contributed by atoms with van der Waals surface area (Å²) in [5.41, 5.74) is 15.7. The first-order valence-corrected chi connectivity index (χ1v) is 6.29. The first-order chi connectivity index (χ1) is 9.24. The Labute approximate surface area is 111 Å². The Balaban J connectivity index is 1.85. The molecule has 0 aliphatic carbocycles. The molecule has 0 unspecified atom stereocenters. The van der Waals surface area contributed by atoms with E-state index >= 15 is 0 Å². The average Bonchev–Trinajstić information content (AvgIpc) is 2.74. The van der Waals surface area contributed by atoms with Gasteiger partial charge < -0.3 is 16.0 Å². The smallest absolute Gasteiger partial charge is 0.201 e. The second-order valence-electron chi connectivity index (χ2n) is 4.60. The van der Waals surface area contributed by atoms with E-state index in [4.69, 9.17) is 11.5 Å². The first kappa shape index (κ1) is 11.6. The molecule has 0 aliphatic rings. The van der Waals surface area contributed by atoms with Crippen molar-refractivity contribution in [1.82, 2.24) is 9.55 Å². The monoisotopic (exact) mass is 252 g/mol. The maximum Gasteiger partial charge on any atom is 0.201 e. The first-order valence-electron chi connectivity index (χ1n) is 6.29. The highest BCUT2D eigenvalue weighted by atomic mass is 15.1. The molecule has 0 fully saturated rings. The number of aryl methyl sites for hydroxylation is 2. The minimum atomic E-state index is 0.566. The van der Waals surface area contributed by atoms with Crippen molar-refractivity contribution in [2.24, 2.45) is 0 Å². The number of hydrogen-bond acceptors (Lipinski definition) is 3. The van der Waals surface area contributed by atoms with Gasteiger partial charge in [0.15, 0.2) is 0 Å². The topological polar surface area (TPSA) is 69.9 Å². The third-order valence-corrected chi connectivity index (χ3v) is 3.29. The number of benzene rings is 2. The Hall–Kier alpha value is -2.49. The van der Waals surface area contributed by atoms with Crippen LogP contribution in [-0.4, -0.2) is 9.55 Å². The third-order valence-electron chi connectivity index (χ3n) is 3.29. The fourth-order valence-electron chi connectivity index (χ4n) is 2.25. The maximum atomic E-state index is 5.97. The lowest BCUT2D eigenvalue weighted by molar-refractivity contribution is 0.726. The summed E-state index contributed by atoms with van der Waals surface area (Å²) in [6, 6.07) is 15.9. The number of imidazole rings is 1. The predicted octanol–water partition coefficient (Wildman–Crippen LogP) is 2.44. The largest absolute Gasteiger partial charge is 0.399 e. The quantitative estimate of drug-likeness (QED) is 0.703. The van der Waals surface area contributed by atoms with E-state index in [0.717, 1.165) is 29.7 Å². The van der Waals surface area contributed by atoms with Gasteiger partial charge in [-0.15, -0.1) is 0 Å². The van der Waals surface area contributed by atoms with Gasteiger partial charge in [-0.3, -0.25) is 0 Å². The van der Waals surface area contributed by atoms with Crippen LogP contribution in [-0.2, 0) is 13.0 Å². The van der Waals surface area contributed by atoms with Crippen LogP contribution in [0.1, 0.15) is 5.56 Å². The number of anilines is 2. The van der Waals surface area contributed by atoms with Gasteiger partial charge in [0.05, 0.1) is 11.0 Å². The molecule has 0 atom stereocenters. The number of fused-ring (bicyclic) bond motifs is 1. The molecule has 96 valence electrons. The standard InChI is InChI=1S/C15H16N4/c16-12-7-5-11(6-8-12)9-10-19-14-4-2-1-3-13(14)18-15(19)17/h1-8H,9-10,16H2,(H2,17,18). The molecule has 4 N–H and O–H groups in total. The molecule has 2 aromatic carbocycles. The molecule has 3 aromatic rings. The van der Waals surface area contributed by atoms with E-state index in [1.807, 2.05) is 53.1 Å². The molecule has 0 saturated carbocycles. The third kappa shape index (κ3) is 2.25. The van der Waals surface area contributed by atoms with Gasteiger partial charge in [-0.2, -0.15) is 0 Å². The number of nitrogen functional groups attached to an aromatic ring is 2. The lowest BCUT2D eigenvalue weighted by atomic mass is 10.1. The van der Waals surface area contributed by atoms with Crippen LogP contribution >= 0.6 is 0 Å². The van der Waals surface area contributed by atoms with Gasteiger partial charge in [0.2, 0.25) is 5.95 Å². The van der Waals surface area contributed by atoms with E-state index in [0.29, 0.717) is 5.95 Å². The molecular formula is C15H16N4. The Kier molecular flexibility index (Phi) is 2.83. The van der Waals surface area contributed by atoms with Crippen LogP contribution < -0.4 is 11.5 Å². The van der Waals surface area contributed by atoms with Gasteiger partial charge in [-0.25, -0.2) is 4.98 Å². The van der Waals surface area contributed by atoms with Crippen LogP contribution in [0.15, 0.2) is 48.5 Å². The number of nitrogens with two attached hydrogens (primary N) is 2. The van der Waals surface area contributed by atoms with Crippen molar-refractivity contribution in [3.63, 3.8) is 0 Å². The Morgan fingerprint density at radius 1 is 0.947 bits per heavy atom. The van der Waals surface area contributed by atoms with Crippen molar-refractivity contribution in [3.05, 3.63) is 54.1 Å². The fourth-order valence-corrected chi connectivity index (χ4v) is 2.25. The summed E-state index contributed by atoms with van der Waals surface area (Å²) < 4.78 is 2.05. The highest BCUT2D eigenvalue weighted by Gasteiger charge is 2.06. The number of aromatic nitrogens is 2. The van der Waals surface area contributed by atoms with E-state index in [2.05, 4.69) is 4.98 Å². The van der Waals surface area contributed by atoms with E-state index < -0.39 is 0 Å². The van der Waals surface area contributed by atoms with Gasteiger partial charge in [-0.05, 0) is 36.2 Å². The molecular weight excluding hydrogens is 236 g/mol. The van der Waals surface area contributed by atoms with Crippen molar-refractivity contribution in [2.75, 3.05) is 11.5 Å². The Bertz CT molecular complexity index is 698. The van der Waals surface area contributed by atoms with Crippen LogP contribution in [0.2, 0.25) is 0 Å². The highest BCUT2D eigenvalue weighted by Crippen LogP contribution is 2.18. The Morgan fingerprint density at radius 3 is 2.47 bits per heavy atom. The van der Waals surface area contributed by atoms with Gasteiger partial charge in [-0.1, -0.05) is 24.3 Å². The molecule has 0 amide bonds. The van der Waals surface area contributed by atoms with Gasteiger partial charge in [0.25, 0.3) is 0 Å². The molecule has 1 aromatic heterocycles. The van der Waals surface area contributed by atoms with Crippen molar-refractivity contribution in [3.8, 4) is 0 Å². The number of nitrogens with zero attached hydrogens (tertiary/aromatic N) is 2. The SMILES string of the molecule is Nc1ccc(CCn2c(N)nc3ccccc32)cc1. The molecule has 19 heavy (non-hydrogen) atoms. The zero-order valence-electron chi connectivity index (χ0n) is 10.6. The summed E-state index contributed by atoms with van der Waals surface area (Å²) in [7, 11) is 0. The van der Waals surface area contributed by atoms with Crippen LogP contribution in [0.25, 0.3) is 11.0 Å². The molecule has 0 spiro atoms. The zero-order valence-corrected chi connectivity index (χ0v) is 10.6. The summed E-state index contributed by atoms with van der Waals surface area (Å²) in [5, 5.41) is 0. The van der Waals surface area contributed by atoms with E-state index in [-0.39, 0.29) is 0 Å². The summed E-state index contributed by atoms with van der Waals surface area (Å²) >= 11 is 0. The molecule has 3 rings (SSSR count). The van der Waals surface area contributed by atoms with Crippen molar-refractivity contribution < 1.29 is 0 Å². The highest BCUT2D eigenvalue weighted by molar-refractivity contribution is 5.78. The molecule has 1 heterocycles. The lowest BCUT2D eigenvalue weighted by Crippen LogP contribution is -2.05. The normalized spacial score (nSPS) is 10.9. The van der Waals surface area contributed by atoms with Crippen LogP contribution in [0.3, 0.4) is 0 Å². The summed E-state index contributed by atoms with van der Waals surface area (Å²) in [5.74, 6) is 0.566. The zero-order chi connectivity index (χ0) is 13.2. The van der Waals surface area contributed by atoms with Crippen LogP contribution in [0.5, 0.6) is 0 Å². The molecule has 4 heteroatoms. The van der Waals surface area contributed by atoms with Crippen LogP contribution in [0.4, 0.5) is 11.6 Å². The average molecular weight is 252 g/mol. The summed E-state index contributed by atoms with van der Waals surface area (Å²) in [4.78, 5) is 4.36. The van der Waals surface area contributed by atoms with Gasteiger partial charge in [0, 0.05) is 12.2 Å². The second-order valence-corrected chi connectivity index (χ2v) is 4.60. The molecule has 0 aliphatic heterocycles. The number of para-hydroxylation sites is 2. The molecule has 0 bridgehead atoms. The van der Waals surface area contributed by atoms with Gasteiger partial charge >= 0.3 is 0 Å². The van der Waals surface area contributed by atoms with Crippen molar-refractivity contribution in [2.45, 2.75) is 13.0 Å². The summed E-state index contributed by atoms with van der Waals surface area (Å²) in [6.45, 7) is 0.816. The van der Waals surface area contributed by atoms with Crippen LogP contribution in [0, 0.1) is 0 Å². The number of rotatable bonds is 3. The van der Waals surface area contributed by atoms with E-state index in [9.17, 15) is 0 Å². The van der Waals surface area contributed by atoms with E-state index in [1.54, 1.807) is 0 Å². The second kappa shape index (κ2) is 4.65. The predicted molar refractivity (Wildman–Crippen MR) is 78.7 cm³/mol. The minimum Gasteiger partial charge on any atom is -0.399 e. The number of hydrogen-bond donors (Lipinski definition) is 2. The summed E-state index contributed by atoms with van der Waals surface area (Å²) in [6.07, 6.45) is 0.908. The molecule has 4 nitrogen and oxygen atoms in total.